The van der Waals surface area contributed by atoms with Crippen molar-refractivity contribution in [3.63, 3.8) is 0 Å². The van der Waals surface area contributed by atoms with E-state index < -0.39 is 17.4 Å². The summed E-state index contributed by atoms with van der Waals surface area (Å²) in [5.41, 5.74) is 0.191. The molecule has 6 nitrogen and oxygen atoms in total. The third kappa shape index (κ3) is 3.06. The molecule has 2 bridgehead atoms. The highest BCUT2D eigenvalue weighted by Gasteiger charge is 2.67. The van der Waals surface area contributed by atoms with Crippen LogP contribution in [-0.4, -0.2) is 58.4 Å². The molecule has 0 aliphatic carbocycles. The Morgan fingerprint density at radius 2 is 2.19 bits per heavy atom. The lowest BCUT2D eigenvalue weighted by Gasteiger charge is -2.29. The van der Waals surface area contributed by atoms with E-state index in [2.05, 4.69) is 25.8 Å². The molecule has 2 unspecified atom stereocenters. The van der Waals surface area contributed by atoms with Crippen LogP contribution in [0.25, 0.3) is 0 Å². The number of pyridine rings is 1. The molecule has 2 amide bonds. The Kier molecular flexibility index (Phi) is 4.14. The molecule has 0 N–H and O–H groups in total. The van der Waals surface area contributed by atoms with Crippen LogP contribution in [0, 0.1) is 17.3 Å². The van der Waals surface area contributed by atoms with Gasteiger partial charge in [-0.3, -0.25) is 14.6 Å². The predicted octanol–water partition coefficient (Wildman–Crippen LogP) is 1.87. The fraction of sp³-hybridized carbons (Fsp3) is 0.571. The molecule has 1 aromatic heterocycles. The number of aromatic nitrogens is 1. The summed E-state index contributed by atoms with van der Waals surface area (Å²) >= 11 is 0. The number of hydrogen-bond donors (Lipinski definition) is 0. The predicted molar refractivity (Wildman–Crippen MR) is 100 cm³/mol. The lowest BCUT2D eigenvalue weighted by atomic mass is 9.76. The first-order chi connectivity index (χ1) is 12.7. The number of carbonyl (C=O) groups is 2. The van der Waals surface area contributed by atoms with Crippen LogP contribution >= 0.6 is 0 Å². The van der Waals surface area contributed by atoms with Gasteiger partial charge in [0, 0.05) is 19.8 Å². The van der Waals surface area contributed by atoms with Crippen molar-refractivity contribution in [3.8, 4) is 0 Å². The monoisotopic (exact) mass is 369 g/mol. The van der Waals surface area contributed by atoms with E-state index in [-0.39, 0.29) is 23.3 Å². The molecular weight excluding hydrogens is 342 g/mol. The minimum Gasteiger partial charge on any atom is -0.360 e. The van der Waals surface area contributed by atoms with Gasteiger partial charge >= 0.3 is 0 Å². The van der Waals surface area contributed by atoms with E-state index in [1.165, 1.54) is 0 Å². The van der Waals surface area contributed by atoms with Crippen LogP contribution < -0.4 is 0 Å². The second-order valence-corrected chi connectivity index (χ2v) is 9.17. The summed E-state index contributed by atoms with van der Waals surface area (Å²) in [7, 11) is 1.77. The van der Waals surface area contributed by atoms with Crippen molar-refractivity contribution in [2.75, 3.05) is 20.1 Å². The SMILES string of the molecule is CN(Cc1ccccn1)C(=O)C1C2C(=O)N(CC(C)(C)C)C[C@@]23C=C[C@@H]1O3. The van der Waals surface area contributed by atoms with Crippen LogP contribution in [0.4, 0.5) is 0 Å². The van der Waals surface area contributed by atoms with Gasteiger partial charge in [0.25, 0.3) is 0 Å². The summed E-state index contributed by atoms with van der Waals surface area (Å²) in [4.78, 5) is 34.2. The summed E-state index contributed by atoms with van der Waals surface area (Å²) in [5.74, 6) is -0.885. The number of nitrogens with zero attached hydrogens (tertiary/aromatic N) is 3. The van der Waals surface area contributed by atoms with Gasteiger partial charge in [-0.1, -0.05) is 39.0 Å². The van der Waals surface area contributed by atoms with Crippen molar-refractivity contribution in [2.45, 2.75) is 39.0 Å². The van der Waals surface area contributed by atoms with E-state index in [1.54, 1.807) is 18.1 Å². The maximum Gasteiger partial charge on any atom is 0.230 e. The van der Waals surface area contributed by atoms with Crippen LogP contribution in [0.2, 0.25) is 0 Å². The van der Waals surface area contributed by atoms with E-state index in [1.807, 2.05) is 35.3 Å². The molecule has 1 spiro atoms. The Labute approximate surface area is 160 Å². The van der Waals surface area contributed by atoms with E-state index in [0.717, 1.165) is 5.69 Å². The van der Waals surface area contributed by atoms with E-state index in [4.69, 9.17) is 4.74 Å². The zero-order valence-corrected chi connectivity index (χ0v) is 16.4. The molecule has 3 aliphatic rings. The molecule has 4 rings (SSSR count). The number of amides is 2. The summed E-state index contributed by atoms with van der Waals surface area (Å²) in [6, 6.07) is 5.66. The number of carbonyl (C=O) groups excluding carboxylic acids is 2. The van der Waals surface area contributed by atoms with Gasteiger partial charge in [0.2, 0.25) is 11.8 Å². The first-order valence-electron chi connectivity index (χ1n) is 9.51. The second kappa shape index (κ2) is 6.16. The fourth-order valence-electron chi connectivity index (χ4n) is 4.63. The van der Waals surface area contributed by atoms with Crippen molar-refractivity contribution in [3.05, 3.63) is 42.2 Å². The molecule has 0 saturated carbocycles. The van der Waals surface area contributed by atoms with Crippen molar-refractivity contribution >= 4 is 11.8 Å². The lowest BCUT2D eigenvalue weighted by Crippen LogP contribution is -2.45. The molecule has 144 valence electrons. The average Bonchev–Trinajstić information content (AvgIpc) is 3.22. The molecule has 2 fully saturated rings. The Hall–Kier alpha value is -2.21. The molecule has 4 heterocycles. The van der Waals surface area contributed by atoms with Gasteiger partial charge in [0.05, 0.1) is 36.7 Å². The van der Waals surface area contributed by atoms with Gasteiger partial charge in [-0.25, -0.2) is 0 Å². The minimum absolute atomic E-state index is 0.00192. The molecule has 3 aliphatic heterocycles. The van der Waals surface area contributed by atoms with Gasteiger partial charge in [-0.15, -0.1) is 0 Å². The first kappa shape index (κ1) is 18.2. The highest BCUT2D eigenvalue weighted by molar-refractivity contribution is 5.93. The number of fused-ring (bicyclic) bond motifs is 1. The summed E-state index contributed by atoms with van der Waals surface area (Å²) in [5, 5.41) is 0. The van der Waals surface area contributed by atoms with Crippen LogP contribution in [0.1, 0.15) is 26.5 Å². The second-order valence-electron chi connectivity index (χ2n) is 9.17. The molecule has 2 saturated heterocycles. The van der Waals surface area contributed by atoms with E-state index in [0.29, 0.717) is 19.6 Å². The zero-order valence-electron chi connectivity index (χ0n) is 16.4. The Morgan fingerprint density at radius 3 is 2.85 bits per heavy atom. The van der Waals surface area contributed by atoms with Gasteiger partial charge < -0.3 is 14.5 Å². The maximum absolute atomic E-state index is 13.2. The maximum atomic E-state index is 13.2. The van der Waals surface area contributed by atoms with Crippen molar-refractivity contribution in [1.82, 2.24) is 14.8 Å². The number of hydrogen-bond acceptors (Lipinski definition) is 4. The van der Waals surface area contributed by atoms with Gasteiger partial charge in [0.1, 0.15) is 5.60 Å². The lowest BCUT2D eigenvalue weighted by molar-refractivity contribution is -0.143. The zero-order chi connectivity index (χ0) is 19.4. The Balaban J connectivity index is 1.55. The van der Waals surface area contributed by atoms with Gasteiger partial charge in [0.15, 0.2) is 0 Å². The molecule has 4 atom stereocenters. The Morgan fingerprint density at radius 1 is 1.41 bits per heavy atom. The normalized spacial score (nSPS) is 31.5. The Bertz CT molecular complexity index is 786. The smallest absolute Gasteiger partial charge is 0.230 e. The largest absolute Gasteiger partial charge is 0.360 e. The summed E-state index contributed by atoms with van der Waals surface area (Å²) in [6.45, 7) is 7.97. The van der Waals surface area contributed by atoms with E-state index >= 15 is 0 Å². The fourth-order valence-corrected chi connectivity index (χ4v) is 4.63. The third-order valence-corrected chi connectivity index (χ3v) is 5.63. The van der Waals surface area contributed by atoms with Crippen LogP contribution in [-0.2, 0) is 20.9 Å². The van der Waals surface area contributed by atoms with Crippen LogP contribution in [0.15, 0.2) is 36.5 Å². The van der Waals surface area contributed by atoms with Crippen LogP contribution in [0.3, 0.4) is 0 Å². The third-order valence-electron chi connectivity index (χ3n) is 5.63. The highest BCUT2D eigenvalue weighted by atomic mass is 16.5. The quantitative estimate of drug-likeness (QED) is 0.760. The molecule has 0 radical (unpaired) electrons. The number of ether oxygens (including phenoxy) is 1. The minimum atomic E-state index is -0.640. The summed E-state index contributed by atoms with van der Waals surface area (Å²) < 4.78 is 6.20. The molecule has 1 aromatic rings. The van der Waals surface area contributed by atoms with Gasteiger partial charge in [-0.05, 0) is 17.5 Å². The van der Waals surface area contributed by atoms with E-state index in [9.17, 15) is 9.59 Å². The number of rotatable bonds is 4. The molecule has 0 aromatic carbocycles. The summed E-state index contributed by atoms with van der Waals surface area (Å²) in [6.07, 6.45) is 5.37. The van der Waals surface area contributed by atoms with Crippen molar-refractivity contribution < 1.29 is 14.3 Å². The number of likely N-dealkylation sites (tertiary alicyclic amines) is 1. The molecular formula is C21H27N3O3. The first-order valence-corrected chi connectivity index (χ1v) is 9.51. The standard InChI is InChI=1S/C21H27N3O3/c1-20(2,3)12-24-13-21-9-8-15(27-21)16(17(21)19(24)26)18(25)23(4)11-14-7-5-6-10-22-14/h5-10,15-17H,11-13H2,1-4H3/t15-,16?,17?,21-/m0/s1. The molecule has 6 heteroatoms. The van der Waals surface area contributed by atoms with Crippen molar-refractivity contribution in [2.24, 2.45) is 17.3 Å². The van der Waals surface area contributed by atoms with Gasteiger partial charge in [-0.2, -0.15) is 0 Å². The molecule has 27 heavy (non-hydrogen) atoms. The highest BCUT2D eigenvalue weighted by Crippen LogP contribution is 2.52. The van der Waals surface area contributed by atoms with Crippen LogP contribution in [0.5, 0.6) is 0 Å². The average molecular weight is 369 g/mol. The van der Waals surface area contributed by atoms with Crippen molar-refractivity contribution in [1.29, 1.82) is 0 Å². The topological polar surface area (TPSA) is 62.7 Å².